The molecule has 0 aliphatic carbocycles. The molecular formula is C42H34BO3P. The molecule has 0 aromatic heterocycles. The van der Waals surface area contributed by atoms with Crippen LogP contribution in [-0.4, -0.2) is 7.32 Å². The third-order valence-corrected chi connectivity index (χ3v) is 15.3. The Kier molecular flexibility index (Phi) is 8.60. The molecule has 47 heavy (non-hydrogen) atoms. The van der Waals surface area contributed by atoms with E-state index in [0.29, 0.717) is 17.2 Å². The van der Waals surface area contributed by atoms with Crippen LogP contribution in [0.1, 0.15) is 0 Å². The van der Waals surface area contributed by atoms with Crippen LogP contribution in [-0.2, 0) is 0 Å². The molecule has 0 heterocycles. The van der Waals surface area contributed by atoms with E-state index in [2.05, 4.69) is 133 Å². The zero-order chi connectivity index (χ0) is 31.8. The second-order valence-corrected chi connectivity index (χ2v) is 16.0. The van der Waals surface area contributed by atoms with Gasteiger partial charge in [-0.2, -0.15) is 0 Å². The molecule has 7 rings (SSSR count). The van der Waals surface area contributed by atoms with Crippen LogP contribution in [0.15, 0.2) is 206 Å². The number of benzene rings is 7. The monoisotopic (exact) mass is 628 g/mol. The summed E-state index contributed by atoms with van der Waals surface area (Å²) in [5.74, 6) is 1.93. The molecule has 0 atom stereocenters. The topological polar surface area (TPSA) is 27.7 Å². The van der Waals surface area contributed by atoms with E-state index in [1.165, 1.54) is 26.5 Å². The summed E-state index contributed by atoms with van der Waals surface area (Å²) in [5.41, 5.74) is 0. The van der Waals surface area contributed by atoms with Crippen molar-refractivity contribution < 1.29 is 14.0 Å². The molecule has 0 aliphatic heterocycles. The molecule has 3 nitrogen and oxygen atoms in total. The van der Waals surface area contributed by atoms with Crippen molar-refractivity contribution in [2.75, 3.05) is 0 Å². The van der Waals surface area contributed by atoms with Crippen molar-refractivity contribution in [2.24, 2.45) is 0 Å². The summed E-state index contributed by atoms with van der Waals surface area (Å²) in [5, 5.41) is 6.23. The first-order valence-corrected chi connectivity index (χ1v) is 18.0. The number of rotatable bonds is 11. The molecule has 0 aliphatic rings. The second-order valence-electron chi connectivity index (χ2n) is 11.2. The van der Waals surface area contributed by atoms with Crippen LogP contribution in [0.25, 0.3) is 0 Å². The van der Waals surface area contributed by atoms with Crippen LogP contribution in [0.3, 0.4) is 0 Å². The molecule has 228 valence electrons. The quantitative estimate of drug-likeness (QED) is 0.109. The molecule has 0 saturated heterocycles. The third-order valence-electron chi connectivity index (χ3n) is 8.63. The van der Waals surface area contributed by atoms with E-state index in [0.717, 1.165) is 0 Å². The molecule has 7 aromatic carbocycles. The van der Waals surface area contributed by atoms with Crippen LogP contribution < -0.4 is 40.5 Å². The summed E-state index contributed by atoms with van der Waals surface area (Å²) in [6, 6.07) is 71.5. The summed E-state index contributed by atoms with van der Waals surface area (Å²) >= 11 is 0. The van der Waals surface area contributed by atoms with Crippen molar-refractivity contribution in [1.29, 1.82) is 0 Å². The summed E-state index contributed by atoms with van der Waals surface area (Å²) in [7, 11) is -1.01. The number of hydrogen-bond donors (Lipinski definition) is 0. The van der Waals surface area contributed by atoms with Gasteiger partial charge in [0, 0.05) is 0 Å². The van der Waals surface area contributed by atoms with Gasteiger partial charge in [0.15, 0.2) is 0 Å². The van der Waals surface area contributed by atoms with Gasteiger partial charge in [0.05, 0.1) is 0 Å². The molecule has 0 fully saturated rings. The van der Waals surface area contributed by atoms with E-state index in [4.69, 9.17) is 14.0 Å². The Morgan fingerprint density at radius 3 is 0.787 bits per heavy atom. The average molecular weight is 629 g/mol. The van der Waals surface area contributed by atoms with Gasteiger partial charge in [-0.1, -0.05) is 0 Å². The minimum absolute atomic E-state index is 0.629. The molecule has 7 aromatic rings. The fourth-order valence-electron chi connectivity index (χ4n) is 6.62. The Bertz CT molecular complexity index is 1780. The Hall–Kier alpha value is -5.57. The number of hydrogen-bond acceptors (Lipinski definition) is 3. The van der Waals surface area contributed by atoms with Gasteiger partial charge >= 0.3 is 278 Å². The van der Waals surface area contributed by atoms with Gasteiger partial charge in [-0.25, -0.2) is 0 Å². The van der Waals surface area contributed by atoms with E-state index < -0.39 is 13.9 Å². The molecule has 0 N–H and O–H groups in total. The van der Waals surface area contributed by atoms with Crippen LogP contribution in [0.5, 0.6) is 17.2 Å². The summed E-state index contributed by atoms with van der Waals surface area (Å²) in [6.45, 7) is -3.57. The molecular weight excluding hydrogens is 594 g/mol. The second kappa shape index (κ2) is 13.4. The Labute approximate surface area is 277 Å². The zero-order valence-corrected chi connectivity index (χ0v) is 26.8. The van der Waals surface area contributed by atoms with Gasteiger partial charge in [0.25, 0.3) is 0 Å². The zero-order valence-electron chi connectivity index (χ0n) is 25.9. The molecule has 0 saturated carbocycles. The molecule has 0 spiro atoms. The first-order valence-electron chi connectivity index (χ1n) is 15.7. The Morgan fingerprint density at radius 1 is 0.255 bits per heavy atom. The molecule has 0 unspecified atom stereocenters. The fourth-order valence-corrected chi connectivity index (χ4v) is 13.4. The maximum absolute atomic E-state index is 6.42. The van der Waals surface area contributed by atoms with Crippen molar-refractivity contribution in [1.82, 2.24) is 0 Å². The Balaban J connectivity index is 1.42. The van der Waals surface area contributed by atoms with E-state index in [9.17, 15) is 0 Å². The average Bonchev–Trinajstić information content (AvgIpc) is 3.15. The van der Waals surface area contributed by atoms with Gasteiger partial charge < -0.3 is 0 Å². The van der Waals surface area contributed by atoms with Crippen molar-refractivity contribution >= 4 is 40.4 Å². The molecule has 0 amide bonds. The SMILES string of the molecule is c1ccc(OB(Oc2ccccc2)Oc2ccc(P(c3ccccc3)(c3ccccc3)(c3ccccc3)c3ccccc3)cc2)cc1. The summed E-state index contributed by atoms with van der Waals surface area (Å²) in [4.78, 5) is 0. The third kappa shape index (κ3) is 5.48. The first-order chi connectivity index (χ1) is 23.3. The van der Waals surface area contributed by atoms with Gasteiger partial charge in [-0.3, -0.25) is 0 Å². The van der Waals surface area contributed by atoms with Gasteiger partial charge in [-0.05, 0) is 0 Å². The van der Waals surface area contributed by atoms with Crippen molar-refractivity contribution in [3.05, 3.63) is 206 Å². The Morgan fingerprint density at radius 2 is 0.489 bits per heavy atom. The van der Waals surface area contributed by atoms with E-state index in [-0.39, 0.29) is 0 Å². The predicted molar refractivity (Wildman–Crippen MR) is 198 cm³/mol. The van der Waals surface area contributed by atoms with Crippen molar-refractivity contribution in [3.63, 3.8) is 0 Å². The first kappa shape index (κ1) is 30.1. The van der Waals surface area contributed by atoms with Crippen molar-refractivity contribution in [2.45, 2.75) is 0 Å². The van der Waals surface area contributed by atoms with Crippen molar-refractivity contribution in [3.8, 4) is 17.2 Å². The molecule has 5 heteroatoms. The normalized spacial score (nSPS) is 11.9. The number of para-hydroxylation sites is 2. The van der Waals surface area contributed by atoms with Gasteiger partial charge in [-0.15, -0.1) is 0 Å². The van der Waals surface area contributed by atoms with E-state index >= 15 is 0 Å². The standard InChI is InChI=1S/C42H34BO3P/c1-7-19-35(20-8-1)44-43(45-36-21-9-2-10-22-36)46-37-31-33-42(34-32-37)47(38-23-11-3-12-24-38,39-25-13-4-14-26-39,40-27-15-5-16-28-40)41-29-17-6-18-30-41/h1-34H. The van der Waals surface area contributed by atoms with Gasteiger partial charge in [0.1, 0.15) is 0 Å². The molecule has 0 radical (unpaired) electrons. The van der Waals surface area contributed by atoms with E-state index in [1.54, 1.807) is 0 Å². The predicted octanol–water partition coefficient (Wildman–Crippen LogP) is 7.69. The van der Waals surface area contributed by atoms with Gasteiger partial charge in [0.2, 0.25) is 0 Å². The molecule has 0 bridgehead atoms. The summed E-state index contributed by atoms with van der Waals surface area (Å²) in [6.07, 6.45) is 0. The fraction of sp³-hybridized carbons (Fsp3) is 0. The van der Waals surface area contributed by atoms with Crippen LogP contribution in [0, 0.1) is 0 Å². The van der Waals surface area contributed by atoms with Crippen LogP contribution in [0.4, 0.5) is 0 Å². The maximum atomic E-state index is 6.42. The van der Waals surface area contributed by atoms with Crippen LogP contribution in [0.2, 0.25) is 0 Å². The minimum atomic E-state index is -3.57. The van der Waals surface area contributed by atoms with Crippen LogP contribution >= 0.6 is 6.60 Å². The van der Waals surface area contributed by atoms with E-state index in [1.807, 2.05) is 72.8 Å². The summed E-state index contributed by atoms with van der Waals surface area (Å²) < 4.78 is 18.8.